The Labute approximate surface area is 156 Å². The Morgan fingerprint density at radius 3 is 2.59 bits per heavy atom. The Kier molecular flexibility index (Phi) is 4.58. The molecule has 5 heteroatoms. The van der Waals surface area contributed by atoms with Crippen molar-refractivity contribution >= 4 is 22.4 Å². The van der Waals surface area contributed by atoms with Crippen molar-refractivity contribution in [3.63, 3.8) is 0 Å². The monoisotopic (exact) mass is 358 g/mol. The number of aryl methyl sites for hydroxylation is 1. The van der Waals surface area contributed by atoms with Gasteiger partial charge in [-0.1, -0.05) is 48.5 Å². The highest BCUT2D eigenvalue weighted by Gasteiger charge is 2.08. The molecule has 0 radical (unpaired) electrons. The highest BCUT2D eigenvalue weighted by atomic mass is 16.5. The molecule has 5 nitrogen and oxygen atoms in total. The summed E-state index contributed by atoms with van der Waals surface area (Å²) in [6, 6.07) is 21.1. The molecule has 27 heavy (non-hydrogen) atoms. The average molecular weight is 358 g/mol. The number of nitrogens with zero attached hydrogens (tertiary/aromatic N) is 1. The van der Waals surface area contributed by atoms with E-state index in [2.05, 4.69) is 10.3 Å². The largest absolute Gasteiger partial charge is 0.483 e. The van der Waals surface area contributed by atoms with E-state index in [1.54, 1.807) is 13.2 Å². The minimum absolute atomic E-state index is 0.0573. The first-order valence-electron chi connectivity index (χ1n) is 8.62. The second kappa shape index (κ2) is 7.33. The molecule has 1 aromatic heterocycles. The van der Waals surface area contributed by atoms with Crippen molar-refractivity contribution in [1.29, 1.82) is 0 Å². The predicted octanol–water partition coefficient (Wildman–Crippen LogP) is 4.82. The average Bonchev–Trinajstić information content (AvgIpc) is 3.13. The normalized spacial score (nSPS) is 10.7. The molecule has 1 N–H and O–H groups in total. The fraction of sp³-hybridized carbons (Fsp3) is 0.0909. The van der Waals surface area contributed by atoms with Gasteiger partial charge in [0.2, 0.25) is 0 Å². The number of rotatable bonds is 5. The molecule has 0 bridgehead atoms. The summed E-state index contributed by atoms with van der Waals surface area (Å²) < 4.78 is 10.9. The number of carbonyl (C=O) groups is 1. The van der Waals surface area contributed by atoms with Crippen LogP contribution >= 0.6 is 0 Å². The molecule has 0 aliphatic heterocycles. The van der Waals surface area contributed by atoms with Gasteiger partial charge in [0.25, 0.3) is 5.91 Å². The fourth-order valence-electron chi connectivity index (χ4n) is 2.88. The first kappa shape index (κ1) is 16.8. The number of amides is 1. The van der Waals surface area contributed by atoms with Crippen molar-refractivity contribution in [3.8, 4) is 17.0 Å². The molecule has 0 saturated heterocycles. The highest BCUT2D eigenvalue weighted by molar-refractivity contribution is 5.93. The van der Waals surface area contributed by atoms with Gasteiger partial charge < -0.3 is 14.5 Å². The summed E-state index contributed by atoms with van der Waals surface area (Å²) >= 11 is 0. The Morgan fingerprint density at radius 1 is 1.04 bits per heavy atom. The standard InChI is InChI=1S/C22H18N2O3/c1-15-23-20(13-26-15)17-9-11-18(12-10-17)24-22(25)14-27-21-8-4-6-16-5-2-3-7-19(16)21/h2-13H,14H2,1H3,(H,24,25). The van der Waals surface area contributed by atoms with Crippen molar-refractivity contribution in [2.45, 2.75) is 6.92 Å². The number of anilines is 1. The second-order valence-electron chi connectivity index (χ2n) is 6.14. The summed E-state index contributed by atoms with van der Waals surface area (Å²) in [5.74, 6) is 1.10. The molecule has 4 rings (SSSR count). The zero-order valence-corrected chi connectivity index (χ0v) is 14.8. The molecule has 0 saturated carbocycles. The number of benzene rings is 3. The number of carbonyl (C=O) groups excluding carboxylic acids is 1. The Bertz CT molecular complexity index is 1080. The van der Waals surface area contributed by atoms with Crippen LogP contribution < -0.4 is 10.1 Å². The van der Waals surface area contributed by atoms with Crippen LogP contribution in [0.25, 0.3) is 22.0 Å². The maximum Gasteiger partial charge on any atom is 0.262 e. The maximum atomic E-state index is 12.2. The van der Waals surface area contributed by atoms with Crippen molar-refractivity contribution in [1.82, 2.24) is 4.98 Å². The molecule has 1 amide bonds. The maximum absolute atomic E-state index is 12.2. The Morgan fingerprint density at radius 2 is 1.81 bits per heavy atom. The van der Waals surface area contributed by atoms with Gasteiger partial charge in [0.05, 0.1) is 0 Å². The lowest BCUT2D eigenvalue weighted by Crippen LogP contribution is -2.20. The van der Waals surface area contributed by atoms with Gasteiger partial charge in [0.1, 0.15) is 17.7 Å². The van der Waals surface area contributed by atoms with Crippen molar-refractivity contribution in [2.75, 3.05) is 11.9 Å². The molecule has 0 spiro atoms. The van der Waals surface area contributed by atoms with E-state index in [-0.39, 0.29) is 12.5 Å². The molecule has 4 aromatic rings. The van der Waals surface area contributed by atoms with Crippen LogP contribution in [-0.2, 0) is 4.79 Å². The van der Waals surface area contributed by atoms with Crippen LogP contribution in [0.2, 0.25) is 0 Å². The number of oxazole rings is 1. The van der Waals surface area contributed by atoms with E-state index < -0.39 is 0 Å². The third-order valence-corrected chi connectivity index (χ3v) is 4.19. The minimum atomic E-state index is -0.215. The predicted molar refractivity (Wildman–Crippen MR) is 105 cm³/mol. The van der Waals surface area contributed by atoms with Crippen LogP contribution in [0, 0.1) is 6.92 Å². The van der Waals surface area contributed by atoms with Gasteiger partial charge in [0, 0.05) is 23.6 Å². The quantitative estimate of drug-likeness (QED) is 0.555. The summed E-state index contributed by atoms with van der Waals surface area (Å²) in [7, 11) is 0. The fourth-order valence-corrected chi connectivity index (χ4v) is 2.88. The number of hydrogen-bond donors (Lipinski definition) is 1. The van der Waals surface area contributed by atoms with Crippen LogP contribution in [-0.4, -0.2) is 17.5 Å². The van der Waals surface area contributed by atoms with Gasteiger partial charge in [-0.05, 0) is 23.6 Å². The van der Waals surface area contributed by atoms with E-state index in [1.807, 2.05) is 66.7 Å². The molecule has 0 fully saturated rings. The van der Waals surface area contributed by atoms with E-state index in [4.69, 9.17) is 9.15 Å². The van der Waals surface area contributed by atoms with Gasteiger partial charge in [-0.2, -0.15) is 0 Å². The SMILES string of the molecule is Cc1nc(-c2ccc(NC(=O)COc3cccc4ccccc34)cc2)co1. The van der Waals surface area contributed by atoms with Crippen molar-refractivity contribution in [2.24, 2.45) is 0 Å². The number of ether oxygens (including phenoxy) is 1. The lowest BCUT2D eigenvalue weighted by atomic mass is 10.1. The number of fused-ring (bicyclic) bond motifs is 1. The Balaban J connectivity index is 1.39. The molecule has 0 atom stereocenters. The molecular formula is C22H18N2O3. The van der Waals surface area contributed by atoms with Crippen LogP contribution in [0.5, 0.6) is 5.75 Å². The molecule has 0 aliphatic rings. The number of nitrogens with one attached hydrogen (secondary N) is 1. The zero-order valence-electron chi connectivity index (χ0n) is 14.8. The topological polar surface area (TPSA) is 64.4 Å². The lowest BCUT2D eigenvalue weighted by Gasteiger charge is -2.10. The van der Waals surface area contributed by atoms with Gasteiger partial charge in [-0.15, -0.1) is 0 Å². The summed E-state index contributed by atoms with van der Waals surface area (Å²) in [4.78, 5) is 16.5. The first-order valence-corrected chi connectivity index (χ1v) is 8.62. The molecule has 1 heterocycles. The van der Waals surface area contributed by atoms with E-state index in [0.717, 1.165) is 22.0 Å². The third kappa shape index (κ3) is 3.82. The van der Waals surface area contributed by atoms with Gasteiger partial charge >= 0.3 is 0 Å². The van der Waals surface area contributed by atoms with Gasteiger partial charge in [-0.3, -0.25) is 4.79 Å². The van der Waals surface area contributed by atoms with Gasteiger partial charge in [-0.25, -0.2) is 4.98 Å². The second-order valence-corrected chi connectivity index (χ2v) is 6.14. The van der Waals surface area contributed by atoms with Crippen molar-refractivity contribution in [3.05, 3.63) is 78.9 Å². The lowest BCUT2D eigenvalue weighted by molar-refractivity contribution is -0.118. The van der Waals surface area contributed by atoms with E-state index in [1.165, 1.54) is 0 Å². The summed E-state index contributed by atoms with van der Waals surface area (Å²) in [5, 5.41) is 4.90. The van der Waals surface area contributed by atoms with Crippen LogP contribution in [0.1, 0.15) is 5.89 Å². The van der Waals surface area contributed by atoms with E-state index in [9.17, 15) is 4.79 Å². The molecule has 3 aromatic carbocycles. The van der Waals surface area contributed by atoms with Crippen molar-refractivity contribution < 1.29 is 13.9 Å². The summed E-state index contributed by atoms with van der Waals surface area (Å²) in [5.41, 5.74) is 2.40. The van der Waals surface area contributed by atoms with E-state index in [0.29, 0.717) is 17.3 Å². The molecule has 134 valence electrons. The Hall–Kier alpha value is -3.60. The minimum Gasteiger partial charge on any atom is -0.483 e. The summed E-state index contributed by atoms with van der Waals surface area (Å²) in [6.07, 6.45) is 1.61. The molecule has 0 unspecified atom stereocenters. The first-order chi connectivity index (χ1) is 13.2. The van der Waals surface area contributed by atoms with E-state index >= 15 is 0 Å². The summed E-state index contributed by atoms with van der Waals surface area (Å²) in [6.45, 7) is 1.74. The highest BCUT2D eigenvalue weighted by Crippen LogP contribution is 2.25. The third-order valence-electron chi connectivity index (χ3n) is 4.19. The van der Waals surface area contributed by atoms with Crippen LogP contribution in [0.3, 0.4) is 0 Å². The van der Waals surface area contributed by atoms with Crippen LogP contribution in [0.4, 0.5) is 5.69 Å². The molecule has 0 aliphatic carbocycles. The number of aromatic nitrogens is 1. The van der Waals surface area contributed by atoms with Crippen LogP contribution in [0.15, 0.2) is 77.4 Å². The molecular weight excluding hydrogens is 340 g/mol. The zero-order chi connectivity index (χ0) is 18.6. The number of hydrogen-bond acceptors (Lipinski definition) is 4. The van der Waals surface area contributed by atoms with Gasteiger partial charge in [0.15, 0.2) is 12.5 Å². The smallest absolute Gasteiger partial charge is 0.262 e.